The Balaban J connectivity index is 1.50. The van der Waals surface area contributed by atoms with E-state index in [1.807, 2.05) is 4.90 Å². The first-order valence-electron chi connectivity index (χ1n) is 9.48. The molecule has 2 aliphatic rings. The lowest BCUT2D eigenvalue weighted by Crippen LogP contribution is -2.42. The van der Waals surface area contributed by atoms with Crippen molar-refractivity contribution in [2.24, 2.45) is 17.8 Å². The topological polar surface area (TPSA) is 49.4 Å². The van der Waals surface area contributed by atoms with Gasteiger partial charge in [-0.3, -0.25) is 9.59 Å². The second kappa shape index (κ2) is 8.62. The molecule has 1 heterocycles. The van der Waals surface area contributed by atoms with Gasteiger partial charge in [0.05, 0.1) is 10.7 Å². The standard InChI is InChI=1S/C20H26Cl2N2O2/c1-13-8-10-24(11-9-13)20(26)15-4-2-14(3-5-15)19(25)23-18-7-6-16(21)12-17(18)22/h6-7,12-15H,2-5,8-11H2,1H3,(H,23,25). The van der Waals surface area contributed by atoms with E-state index in [2.05, 4.69) is 12.2 Å². The molecule has 0 aromatic heterocycles. The normalized spacial score (nSPS) is 24.3. The van der Waals surface area contributed by atoms with Crippen LogP contribution in [0, 0.1) is 17.8 Å². The van der Waals surface area contributed by atoms with Crippen LogP contribution in [0.5, 0.6) is 0 Å². The Hall–Kier alpha value is -1.26. The Morgan fingerprint density at radius 2 is 1.62 bits per heavy atom. The number of hydrogen-bond acceptors (Lipinski definition) is 2. The summed E-state index contributed by atoms with van der Waals surface area (Å²) in [6.45, 7) is 4.02. The van der Waals surface area contributed by atoms with Gasteiger partial charge in [-0.15, -0.1) is 0 Å². The number of likely N-dealkylation sites (tertiary alicyclic amines) is 1. The highest BCUT2D eigenvalue weighted by molar-refractivity contribution is 6.36. The monoisotopic (exact) mass is 396 g/mol. The van der Waals surface area contributed by atoms with Crippen LogP contribution in [-0.4, -0.2) is 29.8 Å². The molecule has 2 fully saturated rings. The van der Waals surface area contributed by atoms with Crippen molar-refractivity contribution in [1.82, 2.24) is 4.90 Å². The molecule has 0 spiro atoms. The molecule has 1 aliphatic carbocycles. The summed E-state index contributed by atoms with van der Waals surface area (Å²) in [5, 5.41) is 3.87. The summed E-state index contributed by atoms with van der Waals surface area (Å²) in [6.07, 6.45) is 5.28. The van der Waals surface area contributed by atoms with E-state index in [9.17, 15) is 9.59 Å². The van der Waals surface area contributed by atoms with E-state index < -0.39 is 0 Å². The molecule has 1 N–H and O–H groups in total. The van der Waals surface area contributed by atoms with Gasteiger partial charge in [-0.1, -0.05) is 30.1 Å². The van der Waals surface area contributed by atoms with Gasteiger partial charge in [0.1, 0.15) is 0 Å². The van der Waals surface area contributed by atoms with Crippen LogP contribution in [0.4, 0.5) is 5.69 Å². The zero-order valence-electron chi connectivity index (χ0n) is 15.1. The van der Waals surface area contributed by atoms with Gasteiger partial charge in [0, 0.05) is 29.9 Å². The van der Waals surface area contributed by atoms with Crippen LogP contribution in [0.3, 0.4) is 0 Å². The molecule has 0 atom stereocenters. The summed E-state index contributed by atoms with van der Waals surface area (Å²) in [6, 6.07) is 5.04. The number of rotatable bonds is 3. The summed E-state index contributed by atoms with van der Waals surface area (Å²) in [5.41, 5.74) is 0.585. The minimum absolute atomic E-state index is 0.0214. The van der Waals surface area contributed by atoms with Crippen molar-refractivity contribution >= 4 is 40.7 Å². The first kappa shape index (κ1) is 19.5. The number of benzene rings is 1. The van der Waals surface area contributed by atoms with E-state index in [0.29, 0.717) is 15.7 Å². The molecule has 1 aromatic rings. The van der Waals surface area contributed by atoms with Gasteiger partial charge >= 0.3 is 0 Å². The SMILES string of the molecule is CC1CCN(C(=O)C2CCC(C(=O)Nc3ccc(Cl)cc3Cl)CC2)CC1. The lowest BCUT2D eigenvalue weighted by atomic mass is 9.80. The Kier molecular flexibility index (Phi) is 6.46. The van der Waals surface area contributed by atoms with Crippen LogP contribution in [0.25, 0.3) is 0 Å². The molecular weight excluding hydrogens is 371 g/mol. The lowest BCUT2D eigenvalue weighted by molar-refractivity contribution is -0.139. The number of piperidine rings is 1. The molecule has 1 aliphatic heterocycles. The second-order valence-electron chi connectivity index (χ2n) is 7.67. The Morgan fingerprint density at radius 3 is 2.23 bits per heavy atom. The predicted octanol–water partition coefficient (Wildman–Crippen LogP) is 5.00. The molecule has 26 heavy (non-hydrogen) atoms. The molecule has 0 radical (unpaired) electrons. The zero-order chi connectivity index (χ0) is 18.7. The first-order valence-corrected chi connectivity index (χ1v) is 10.2. The molecule has 6 heteroatoms. The number of carbonyl (C=O) groups is 2. The van der Waals surface area contributed by atoms with E-state index in [1.54, 1.807) is 18.2 Å². The summed E-state index contributed by atoms with van der Waals surface area (Å²) in [4.78, 5) is 27.2. The highest BCUT2D eigenvalue weighted by Gasteiger charge is 2.33. The second-order valence-corrected chi connectivity index (χ2v) is 8.51. The quantitative estimate of drug-likeness (QED) is 0.781. The number of anilines is 1. The molecule has 142 valence electrons. The number of nitrogens with zero attached hydrogens (tertiary/aromatic N) is 1. The molecule has 1 saturated carbocycles. The third kappa shape index (κ3) is 4.72. The van der Waals surface area contributed by atoms with Crippen molar-refractivity contribution in [2.45, 2.75) is 45.4 Å². The fourth-order valence-corrected chi connectivity index (χ4v) is 4.37. The van der Waals surface area contributed by atoms with Crippen LogP contribution >= 0.6 is 23.2 Å². The predicted molar refractivity (Wildman–Crippen MR) is 106 cm³/mol. The van der Waals surface area contributed by atoms with E-state index in [0.717, 1.165) is 57.5 Å². The van der Waals surface area contributed by atoms with Gasteiger partial charge in [-0.05, 0) is 62.6 Å². The van der Waals surface area contributed by atoms with Gasteiger partial charge in [0.25, 0.3) is 0 Å². The average molecular weight is 397 g/mol. The maximum atomic E-state index is 12.7. The first-order chi connectivity index (χ1) is 12.4. The van der Waals surface area contributed by atoms with Crippen molar-refractivity contribution in [3.05, 3.63) is 28.2 Å². The molecule has 4 nitrogen and oxygen atoms in total. The smallest absolute Gasteiger partial charge is 0.227 e. The zero-order valence-corrected chi connectivity index (χ0v) is 16.7. The summed E-state index contributed by atoms with van der Waals surface area (Å²) in [7, 11) is 0. The number of nitrogens with one attached hydrogen (secondary N) is 1. The van der Waals surface area contributed by atoms with Gasteiger partial charge in [0.2, 0.25) is 11.8 Å². The Labute approximate surface area is 165 Å². The summed E-state index contributed by atoms with van der Waals surface area (Å²) in [5.74, 6) is 1.00. The van der Waals surface area contributed by atoms with Crippen molar-refractivity contribution < 1.29 is 9.59 Å². The molecule has 1 aromatic carbocycles. The highest BCUT2D eigenvalue weighted by atomic mass is 35.5. The maximum absolute atomic E-state index is 12.7. The fraction of sp³-hybridized carbons (Fsp3) is 0.600. The van der Waals surface area contributed by atoms with Crippen LogP contribution in [-0.2, 0) is 9.59 Å². The summed E-state index contributed by atoms with van der Waals surface area (Å²) >= 11 is 12.0. The van der Waals surface area contributed by atoms with Crippen molar-refractivity contribution in [2.75, 3.05) is 18.4 Å². The Morgan fingerprint density at radius 1 is 1.00 bits per heavy atom. The number of halogens is 2. The molecule has 2 amide bonds. The highest BCUT2D eigenvalue weighted by Crippen LogP contribution is 2.33. The van der Waals surface area contributed by atoms with Crippen LogP contribution in [0.15, 0.2) is 18.2 Å². The fourth-order valence-electron chi connectivity index (χ4n) is 3.92. The van der Waals surface area contributed by atoms with Crippen molar-refractivity contribution in [3.8, 4) is 0 Å². The maximum Gasteiger partial charge on any atom is 0.227 e. The third-order valence-electron chi connectivity index (χ3n) is 5.73. The number of carbonyl (C=O) groups excluding carboxylic acids is 2. The Bertz CT molecular complexity index is 664. The van der Waals surface area contributed by atoms with Crippen LogP contribution in [0.1, 0.15) is 45.4 Å². The van der Waals surface area contributed by atoms with Gasteiger partial charge in [0.15, 0.2) is 0 Å². The lowest BCUT2D eigenvalue weighted by Gasteiger charge is -2.35. The molecule has 3 rings (SSSR count). The average Bonchev–Trinajstić information content (AvgIpc) is 2.64. The molecule has 1 saturated heterocycles. The largest absolute Gasteiger partial charge is 0.342 e. The summed E-state index contributed by atoms with van der Waals surface area (Å²) < 4.78 is 0. The van der Waals surface area contributed by atoms with Crippen molar-refractivity contribution in [3.63, 3.8) is 0 Å². The molecule has 0 unspecified atom stereocenters. The van der Waals surface area contributed by atoms with Gasteiger partial charge < -0.3 is 10.2 Å². The van der Waals surface area contributed by atoms with E-state index in [4.69, 9.17) is 23.2 Å². The van der Waals surface area contributed by atoms with E-state index in [1.165, 1.54) is 0 Å². The van der Waals surface area contributed by atoms with Crippen LogP contribution in [0.2, 0.25) is 10.0 Å². The van der Waals surface area contributed by atoms with Crippen molar-refractivity contribution in [1.29, 1.82) is 0 Å². The number of amides is 2. The van der Waals surface area contributed by atoms with E-state index >= 15 is 0 Å². The minimum atomic E-state index is -0.0628. The molecule has 0 bridgehead atoms. The van der Waals surface area contributed by atoms with Gasteiger partial charge in [-0.25, -0.2) is 0 Å². The third-order valence-corrected chi connectivity index (χ3v) is 6.28. The number of hydrogen-bond donors (Lipinski definition) is 1. The van der Waals surface area contributed by atoms with Gasteiger partial charge in [-0.2, -0.15) is 0 Å². The van der Waals surface area contributed by atoms with E-state index in [-0.39, 0.29) is 23.7 Å². The van der Waals surface area contributed by atoms with Crippen LogP contribution < -0.4 is 5.32 Å². The molecular formula is C20H26Cl2N2O2. The minimum Gasteiger partial charge on any atom is -0.342 e.